The van der Waals surface area contributed by atoms with Gasteiger partial charge in [0, 0.05) is 33.6 Å². The quantitative estimate of drug-likeness (QED) is 0.302. The van der Waals surface area contributed by atoms with Crippen molar-refractivity contribution in [2.24, 2.45) is 23.7 Å². The maximum atomic E-state index is 11.6. The van der Waals surface area contributed by atoms with Crippen LogP contribution >= 0.6 is 0 Å². The number of aliphatic carboxylic acids is 2. The van der Waals surface area contributed by atoms with Crippen molar-refractivity contribution >= 4 is 26.1 Å². The Kier molecular flexibility index (Phi) is 20.1. The fourth-order valence-electron chi connectivity index (χ4n) is 5.12. The molecule has 6 nitrogen and oxygen atoms in total. The van der Waals surface area contributed by atoms with Gasteiger partial charge in [-0.05, 0) is 49.9 Å². The van der Waals surface area contributed by atoms with E-state index in [1.54, 1.807) is 0 Å². The first-order valence-electron chi connectivity index (χ1n) is 11.9. The molecule has 2 rings (SSSR count). The zero-order valence-corrected chi connectivity index (χ0v) is 22.4. The zero-order valence-electron chi connectivity index (χ0n) is 21.4. The van der Waals surface area contributed by atoms with E-state index in [2.05, 4.69) is 13.8 Å². The Hall–Kier alpha value is -0.365. The van der Waals surface area contributed by atoms with Crippen molar-refractivity contribution in [3.63, 3.8) is 0 Å². The van der Waals surface area contributed by atoms with Gasteiger partial charge >= 0.3 is 41.5 Å². The summed E-state index contributed by atoms with van der Waals surface area (Å²) in [5.41, 5.74) is 0. The van der Waals surface area contributed by atoms with Crippen molar-refractivity contribution in [1.82, 2.24) is 0 Å². The van der Waals surface area contributed by atoms with Crippen LogP contribution < -0.4 is 29.6 Å². The summed E-state index contributed by atoms with van der Waals surface area (Å²) in [6, 6.07) is 0. The van der Waals surface area contributed by atoms with E-state index in [1.165, 1.54) is 12.8 Å². The van der Waals surface area contributed by atoms with E-state index in [0.717, 1.165) is 57.8 Å². The number of hydrogen-bond acceptors (Lipinski definition) is 4. The maximum Gasteiger partial charge on any atom is 1.00 e. The van der Waals surface area contributed by atoms with Gasteiger partial charge in [-0.2, -0.15) is 0 Å². The molecule has 3 N–H and O–H groups in total. The van der Waals surface area contributed by atoms with Crippen LogP contribution in [-0.4, -0.2) is 47.6 Å². The Morgan fingerprint density at radius 3 is 1.94 bits per heavy atom. The number of carbonyl (C=O) groups excluding carboxylic acids is 1. The average molecular weight is 461 g/mol. The first-order chi connectivity index (χ1) is 14.3. The van der Waals surface area contributed by atoms with Gasteiger partial charge in [0.1, 0.15) is 5.78 Å². The van der Waals surface area contributed by atoms with Crippen LogP contribution in [0.5, 0.6) is 0 Å². The predicted octanol–water partition coefficient (Wildman–Crippen LogP) is 1.80. The third-order valence-electron chi connectivity index (χ3n) is 6.81. The second-order valence-electron chi connectivity index (χ2n) is 9.13. The van der Waals surface area contributed by atoms with Gasteiger partial charge in [-0.3, -0.25) is 14.4 Å². The van der Waals surface area contributed by atoms with Crippen molar-refractivity contribution in [1.29, 1.82) is 0 Å². The molecule has 5 atom stereocenters. The molecule has 3 radical (unpaired) electrons. The number of rotatable bonds is 12. The molecule has 0 bridgehead atoms. The molecule has 32 heavy (non-hydrogen) atoms. The molecule has 179 valence electrons. The minimum Gasteiger partial charge on any atom is -1.00 e. The third kappa shape index (κ3) is 12.8. The molecule has 2 fully saturated rings. The van der Waals surface area contributed by atoms with Gasteiger partial charge < -0.3 is 16.7 Å². The summed E-state index contributed by atoms with van der Waals surface area (Å²) in [7, 11) is 0. The van der Waals surface area contributed by atoms with Gasteiger partial charge in [-0.1, -0.05) is 52.4 Å². The van der Waals surface area contributed by atoms with Gasteiger partial charge in [-0.15, -0.1) is 0 Å². The minimum atomic E-state index is -0.768. The van der Waals surface area contributed by atoms with Gasteiger partial charge in [0.15, 0.2) is 0 Å². The van der Waals surface area contributed by atoms with Crippen LogP contribution in [0.3, 0.4) is 0 Å². The van der Waals surface area contributed by atoms with Gasteiger partial charge in [0.2, 0.25) is 0 Å². The van der Waals surface area contributed by atoms with Crippen LogP contribution in [0.4, 0.5) is 0 Å². The number of carboxylic acid groups (broad SMARTS) is 2. The van der Waals surface area contributed by atoms with E-state index in [0.29, 0.717) is 6.42 Å². The number of hydrogen-bond donors (Lipinski definition) is 3. The van der Waals surface area contributed by atoms with Crippen molar-refractivity contribution in [2.45, 2.75) is 110 Å². The summed E-state index contributed by atoms with van der Waals surface area (Å²) in [5.74, 6) is -0.636. The number of aliphatic hydroxyl groups excluding tert-OH is 1. The molecule has 2 saturated carbocycles. The van der Waals surface area contributed by atoms with Crippen molar-refractivity contribution in [2.75, 3.05) is 0 Å². The molecule has 0 aromatic carbocycles. The van der Waals surface area contributed by atoms with Gasteiger partial charge in [-0.25, -0.2) is 0 Å². The third-order valence-corrected chi connectivity index (χ3v) is 6.81. The monoisotopic (exact) mass is 461 g/mol. The Bertz CT molecular complexity index is 551. The molecule has 1 unspecified atom stereocenters. The second-order valence-corrected chi connectivity index (χ2v) is 9.13. The molecule has 0 aromatic rings. The van der Waals surface area contributed by atoms with Crippen LogP contribution in [-0.2, 0) is 14.4 Å². The molecule has 0 spiro atoms. The van der Waals surface area contributed by atoms with Crippen molar-refractivity contribution < 1.29 is 60.7 Å². The summed E-state index contributed by atoms with van der Waals surface area (Å²) in [6.07, 6.45) is 11.9. The predicted molar refractivity (Wildman–Crippen MR) is 123 cm³/mol. The Morgan fingerprint density at radius 1 is 0.875 bits per heavy atom. The zero-order chi connectivity index (χ0) is 22.5. The number of unbranched alkanes of at least 4 members (excludes halogenated alkanes) is 4. The standard InChI is InChI=1S/C12H22O3.C12H20O3.B.Na.H/c2*1-2-3-4-5-10-9(8-12(14)15)6-7-11(10)13;;;/h9-11,13H,2-8H2,1H3,(H,14,15);9-10H,2-8H2,1H3,(H,14,15);;;/q;;;+1;-1/t9-,10-,11?;9-,10-;;;/m11.../s1. The van der Waals surface area contributed by atoms with E-state index in [4.69, 9.17) is 10.2 Å². The molecular formula is C24H43BNaO6. The molecular weight excluding hydrogens is 418 g/mol. The number of ketones is 1. The smallest absolute Gasteiger partial charge is 1.00 e. The maximum absolute atomic E-state index is 11.6. The first-order valence-corrected chi connectivity index (χ1v) is 11.9. The summed E-state index contributed by atoms with van der Waals surface area (Å²) >= 11 is 0. The fraction of sp³-hybridized carbons (Fsp3) is 0.875. The normalized spacial score (nSPS) is 26.5. The SMILES string of the molecule is CCCCC[C@H]1C(=O)CC[C@@H]1CC(=O)O.CCCCC[C@H]1C(O)CC[C@@H]1CC(=O)O.[B].[H-].[Na+]. The molecule has 0 aliphatic heterocycles. The van der Waals surface area contributed by atoms with Crippen LogP contribution in [0, 0.1) is 23.7 Å². The molecule has 2 aliphatic rings. The fourth-order valence-corrected chi connectivity index (χ4v) is 5.12. The van der Waals surface area contributed by atoms with Crippen LogP contribution in [0.25, 0.3) is 0 Å². The molecule has 0 aromatic heterocycles. The summed E-state index contributed by atoms with van der Waals surface area (Å²) in [4.78, 5) is 32.8. The largest absolute Gasteiger partial charge is 1.00 e. The summed E-state index contributed by atoms with van der Waals surface area (Å²) < 4.78 is 0. The van der Waals surface area contributed by atoms with E-state index < -0.39 is 11.9 Å². The Balaban J connectivity index is -0.000000500. The first kappa shape index (κ1) is 33.8. The molecule has 8 heteroatoms. The number of aliphatic hydroxyl groups is 1. The van der Waals surface area contributed by atoms with E-state index in [9.17, 15) is 19.5 Å². The topological polar surface area (TPSA) is 112 Å². The van der Waals surface area contributed by atoms with Crippen LogP contribution in [0.2, 0.25) is 0 Å². The number of carbonyl (C=O) groups is 3. The van der Waals surface area contributed by atoms with E-state index in [1.807, 2.05) is 0 Å². The average Bonchev–Trinajstić information content (AvgIpc) is 3.19. The molecule has 0 saturated heterocycles. The van der Waals surface area contributed by atoms with Gasteiger partial charge in [0.05, 0.1) is 6.10 Å². The van der Waals surface area contributed by atoms with Crippen LogP contribution in [0.15, 0.2) is 0 Å². The molecule has 0 amide bonds. The summed E-state index contributed by atoms with van der Waals surface area (Å²) in [6.45, 7) is 4.28. The molecule has 2 aliphatic carbocycles. The van der Waals surface area contributed by atoms with Gasteiger partial charge in [0.25, 0.3) is 0 Å². The number of carboxylic acids is 2. The van der Waals surface area contributed by atoms with E-state index >= 15 is 0 Å². The molecule has 0 heterocycles. The summed E-state index contributed by atoms with van der Waals surface area (Å²) in [5, 5.41) is 27.3. The second kappa shape index (κ2) is 19.0. The van der Waals surface area contributed by atoms with E-state index in [-0.39, 0.29) is 87.8 Å². The minimum absolute atomic E-state index is 0. The Morgan fingerprint density at radius 2 is 1.41 bits per heavy atom. The number of Topliss-reactive ketones (excluding diaryl/α,β-unsaturated/α-hetero) is 1. The van der Waals surface area contributed by atoms with Crippen molar-refractivity contribution in [3.05, 3.63) is 0 Å². The van der Waals surface area contributed by atoms with Crippen LogP contribution in [0.1, 0.15) is 105 Å². The van der Waals surface area contributed by atoms with Crippen molar-refractivity contribution in [3.8, 4) is 0 Å². The Labute approximate surface area is 219 Å².